The van der Waals surface area contributed by atoms with Crippen molar-refractivity contribution in [3.8, 4) is 6.07 Å². The molecule has 1 unspecified atom stereocenters. The molecule has 6 nitrogen and oxygen atoms in total. The van der Waals surface area contributed by atoms with Gasteiger partial charge in [0, 0.05) is 13.6 Å². The van der Waals surface area contributed by atoms with Crippen LogP contribution in [0.2, 0.25) is 0 Å². The monoisotopic (exact) mass is 259 g/mol. The molecular formula is C10H17N3O3S. The minimum Gasteiger partial charge on any atom is -0.480 e. The molecule has 2 amide bonds. The Bertz CT molecular complexity index is 304. The van der Waals surface area contributed by atoms with Crippen molar-refractivity contribution < 1.29 is 14.7 Å². The minimum absolute atomic E-state index is 0.229. The van der Waals surface area contributed by atoms with Crippen LogP contribution in [0.5, 0.6) is 0 Å². The Balaban J connectivity index is 4.20. The third kappa shape index (κ3) is 6.68. The maximum Gasteiger partial charge on any atom is 0.326 e. The smallest absolute Gasteiger partial charge is 0.326 e. The van der Waals surface area contributed by atoms with E-state index < -0.39 is 18.0 Å². The number of carboxylic acid groups (broad SMARTS) is 1. The molecule has 0 aromatic heterocycles. The molecule has 0 saturated carbocycles. The topological polar surface area (TPSA) is 93.4 Å². The van der Waals surface area contributed by atoms with Crippen molar-refractivity contribution in [2.45, 2.75) is 18.9 Å². The number of nitriles is 1. The molecule has 0 rings (SSSR count). The van der Waals surface area contributed by atoms with E-state index in [4.69, 9.17) is 10.4 Å². The van der Waals surface area contributed by atoms with E-state index in [0.717, 1.165) is 0 Å². The van der Waals surface area contributed by atoms with Crippen molar-refractivity contribution in [1.82, 2.24) is 10.2 Å². The molecule has 0 aromatic rings. The zero-order chi connectivity index (χ0) is 13.3. The summed E-state index contributed by atoms with van der Waals surface area (Å²) in [6.07, 6.45) is 2.49. The first-order valence-corrected chi connectivity index (χ1v) is 6.52. The highest BCUT2D eigenvalue weighted by molar-refractivity contribution is 7.98. The van der Waals surface area contributed by atoms with Crippen LogP contribution in [0.25, 0.3) is 0 Å². The second-order valence-corrected chi connectivity index (χ2v) is 4.44. The second-order valence-electron chi connectivity index (χ2n) is 3.45. The number of nitrogens with one attached hydrogen (secondary N) is 1. The van der Waals surface area contributed by atoms with Gasteiger partial charge in [-0.05, 0) is 18.4 Å². The number of carbonyl (C=O) groups excluding carboxylic acids is 1. The molecule has 96 valence electrons. The van der Waals surface area contributed by atoms with E-state index in [1.54, 1.807) is 0 Å². The Morgan fingerprint density at radius 1 is 1.59 bits per heavy atom. The summed E-state index contributed by atoms with van der Waals surface area (Å²) in [7, 11) is 1.53. The lowest BCUT2D eigenvalue weighted by Crippen LogP contribution is -2.47. The summed E-state index contributed by atoms with van der Waals surface area (Å²) in [5.41, 5.74) is 0. The van der Waals surface area contributed by atoms with Gasteiger partial charge in [-0.2, -0.15) is 17.0 Å². The molecule has 7 heteroatoms. The summed E-state index contributed by atoms with van der Waals surface area (Å²) < 4.78 is 0. The van der Waals surface area contributed by atoms with Crippen molar-refractivity contribution in [2.75, 3.05) is 25.6 Å². The van der Waals surface area contributed by atoms with E-state index >= 15 is 0 Å². The van der Waals surface area contributed by atoms with Crippen LogP contribution in [0.4, 0.5) is 4.79 Å². The van der Waals surface area contributed by atoms with Gasteiger partial charge in [-0.1, -0.05) is 0 Å². The molecule has 0 saturated heterocycles. The highest BCUT2D eigenvalue weighted by Gasteiger charge is 2.20. The Morgan fingerprint density at radius 2 is 2.24 bits per heavy atom. The van der Waals surface area contributed by atoms with Crippen molar-refractivity contribution in [3.63, 3.8) is 0 Å². The number of hydrogen-bond acceptors (Lipinski definition) is 4. The predicted molar refractivity (Wildman–Crippen MR) is 65.8 cm³/mol. The summed E-state index contributed by atoms with van der Waals surface area (Å²) in [5, 5.41) is 19.7. The molecule has 0 spiro atoms. The summed E-state index contributed by atoms with van der Waals surface area (Å²) in [6, 6.07) is 0.583. The number of nitrogens with zero attached hydrogens (tertiary/aromatic N) is 2. The van der Waals surface area contributed by atoms with Crippen LogP contribution in [0.1, 0.15) is 12.8 Å². The number of carbonyl (C=O) groups is 2. The van der Waals surface area contributed by atoms with Crippen LogP contribution in [0.15, 0.2) is 0 Å². The average molecular weight is 259 g/mol. The van der Waals surface area contributed by atoms with Gasteiger partial charge in [0.1, 0.15) is 6.04 Å². The van der Waals surface area contributed by atoms with E-state index in [1.165, 1.54) is 23.7 Å². The van der Waals surface area contributed by atoms with Gasteiger partial charge in [0.2, 0.25) is 0 Å². The fraction of sp³-hybridized carbons (Fsp3) is 0.700. The first-order chi connectivity index (χ1) is 8.02. The maximum absolute atomic E-state index is 11.6. The van der Waals surface area contributed by atoms with E-state index in [-0.39, 0.29) is 13.0 Å². The van der Waals surface area contributed by atoms with Gasteiger partial charge < -0.3 is 15.3 Å². The number of hydrogen-bond donors (Lipinski definition) is 2. The van der Waals surface area contributed by atoms with E-state index in [1.807, 2.05) is 12.3 Å². The van der Waals surface area contributed by atoms with Crippen LogP contribution in [-0.4, -0.2) is 53.6 Å². The standard InChI is InChI=1S/C10H17N3O3S/c1-13(6-3-5-11)10(16)12-8(9(14)15)4-7-17-2/h8H,3-4,6-7H2,1-2H3,(H,12,16)(H,14,15). The lowest BCUT2D eigenvalue weighted by atomic mass is 10.2. The molecule has 0 aliphatic carbocycles. The van der Waals surface area contributed by atoms with Gasteiger partial charge in [-0.25, -0.2) is 9.59 Å². The number of amides is 2. The van der Waals surface area contributed by atoms with Crippen LogP contribution >= 0.6 is 11.8 Å². The first kappa shape index (κ1) is 15.6. The van der Waals surface area contributed by atoms with Gasteiger partial charge in [-0.3, -0.25) is 0 Å². The number of carboxylic acids is 1. The highest BCUT2D eigenvalue weighted by atomic mass is 32.2. The van der Waals surface area contributed by atoms with Gasteiger partial charge in [0.15, 0.2) is 0 Å². The van der Waals surface area contributed by atoms with Crippen molar-refractivity contribution in [1.29, 1.82) is 5.26 Å². The van der Waals surface area contributed by atoms with Crippen molar-refractivity contribution >= 4 is 23.8 Å². The van der Waals surface area contributed by atoms with Crippen molar-refractivity contribution in [2.24, 2.45) is 0 Å². The zero-order valence-electron chi connectivity index (χ0n) is 9.97. The second kappa shape index (κ2) is 8.70. The van der Waals surface area contributed by atoms with Gasteiger partial charge in [0.25, 0.3) is 0 Å². The summed E-state index contributed by atoms with van der Waals surface area (Å²) in [5.74, 6) is -0.375. The van der Waals surface area contributed by atoms with Gasteiger partial charge in [0.05, 0.1) is 12.5 Å². The van der Waals surface area contributed by atoms with Crippen molar-refractivity contribution in [3.05, 3.63) is 0 Å². The van der Waals surface area contributed by atoms with E-state index in [2.05, 4.69) is 5.32 Å². The average Bonchev–Trinajstić information content (AvgIpc) is 2.30. The van der Waals surface area contributed by atoms with Gasteiger partial charge in [-0.15, -0.1) is 0 Å². The predicted octanol–water partition coefficient (Wildman–Crippen LogP) is 0.748. The molecule has 0 bridgehead atoms. The minimum atomic E-state index is -1.04. The van der Waals surface area contributed by atoms with E-state index in [0.29, 0.717) is 12.2 Å². The van der Waals surface area contributed by atoms with Crippen LogP contribution in [0.3, 0.4) is 0 Å². The Morgan fingerprint density at radius 3 is 2.71 bits per heavy atom. The largest absolute Gasteiger partial charge is 0.480 e. The third-order valence-corrected chi connectivity index (χ3v) is 2.76. The fourth-order valence-corrected chi connectivity index (χ4v) is 1.54. The number of thioether (sulfide) groups is 1. The van der Waals surface area contributed by atoms with Crippen LogP contribution in [0, 0.1) is 11.3 Å². The molecule has 0 aliphatic heterocycles. The van der Waals surface area contributed by atoms with Crippen LogP contribution in [-0.2, 0) is 4.79 Å². The molecule has 2 N–H and O–H groups in total. The summed E-state index contributed by atoms with van der Waals surface area (Å²) >= 11 is 1.53. The Labute approximate surface area is 105 Å². The van der Waals surface area contributed by atoms with Crippen LogP contribution < -0.4 is 5.32 Å². The molecule has 1 atom stereocenters. The normalized spacial score (nSPS) is 11.4. The summed E-state index contributed by atoms with van der Waals surface area (Å²) in [6.45, 7) is 0.289. The molecule has 17 heavy (non-hydrogen) atoms. The first-order valence-electron chi connectivity index (χ1n) is 5.13. The Hall–Kier alpha value is -1.42. The quantitative estimate of drug-likeness (QED) is 0.703. The van der Waals surface area contributed by atoms with Gasteiger partial charge >= 0.3 is 12.0 Å². The molecule has 0 radical (unpaired) electrons. The lowest BCUT2D eigenvalue weighted by molar-refractivity contribution is -0.139. The SMILES string of the molecule is CSCCC(NC(=O)N(C)CCC#N)C(=O)O. The molecule has 0 heterocycles. The molecule has 0 aromatic carbocycles. The zero-order valence-corrected chi connectivity index (χ0v) is 10.8. The number of aliphatic carboxylic acids is 1. The molecule has 0 fully saturated rings. The third-order valence-electron chi connectivity index (χ3n) is 2.11. The fourth-order valence-electron chi connectivity index (χ4n) is 1.07. The molecular weight excluding hydrogens is 242 g/mol. The highest BCUT2D eigenvalue weighted by Crippen LogP contribution is 2.02. The van der Waals surface area contributed by atoms with E-state index in [9.17, 15) is 9.59 Å². The number of urea groups is 1. The number of rotatable bonds is 7. The maximum atomic E-state index is 11.6. The lowest BCUT2D eigenvalue weighted by Gasteiger charge is -2.20. The Kier molecular flexibility index (Phi) is 7.97. The summed E-state index contributed by atoms with van der Waals surface area (Å²) in [4.78, 5) is 23.7. The molecule has 0 aliphatic rings.